The molecule has 2 rings (SSSR count). The normalized spacial score (nSPS) is 12.2. The van der Waals surface area contributed by atoms with Crippen LogP contribution in [0.5, 0.6) is 0 Å². The van der Waals surface area contributed by atoms with Gasteiger partial charge in [0.2, 0.25) is 0 Å². The van der Waals surface area contributed by atoms with Crippen molar-refractivity contribution in [3.8, 4) is 0 Å². The lowest BCUT2D eigenvalue weighted by atomic mass is 10.1. The van der Waals surface area contributed by atoms with E-state index in [4.69, 9.17) is 0 Å². The summed E-state index contributed by atoms with van der Waals surface area (Å²) >= 11 is 0. The van der Waals surface area contributed by atoms with Crippen molar-refractivity contribution in [1.82, 2.24) is 5.32 Å². The minimum Gasteiger partial charge on any atom is -0.373 e. The van der Waals surface area contributed by atoms with Crippen LogP contribution in [-0.4, -0.2) is 20.6 Å². The summed E-state index contributed by atoms with van der Waals surface area (Å²) in [6.45, 7) is 0.782. The molecule has 2 nitrogen and oxygen atoms in total. The fourth-order valence-corrected chi connectivity index (χ4v) is 2.14. The van der Waals surface area contributed by atoms with Gasteiger partial charge < -0.3 is 10.2 Å². The van der Waals surface area contributed by atoms with Gasteiger partial charge in [-0.2, -0.15) is 0 Å². The van der Waals surface area contributed by atoms with Crippen molar-refractivity contribution in [3.05, 3.63) is 66.0 Å². The van der Waals surface area contributed by atoms with Crippen LogP contribution in [0.15, 0.2) is 54.6 Å². The molecular formula is C16H19FN2. The molecule has 0 spiro atoms. The number of nitrogens with zero attached hydrogens (tertiary/aromatic N) is 1. The molecule has 0 aromatic heterocycles. The lowest BCUT2D eigenvalue weighted by Crippen LogP contribution is -2.31. The Hall–Kier alpha value is -1.87. The van der Waals surface area contributed by atoms with Crippen LogP contribution in [0.25, 0.3) is 0 Å². The molecule has 0 fully saturated rings. The van der Waals surface area contributed by atoms with E-state index in [9.17, 15) is 4.39 Å². The van der Waals surface area contributed by atoms with E-state index in [2.05, 4.69) is 22.3 Å². The molecule has 0 aliphatic rings. The monoisotopic (exact) mass is 258 g/mol. The highest BCUT2D eigenvalue weighted by atomic mass is 19.1. The smallest absolute Gasteiger partial charge is 0.125 e. The molecule has 0 aliphatic carbocycles. The summed E-state index contributed by atoms with van der Waals surface area (Å²) in [5.41, 5.74) is 2.12. The zero-order valence-corrected chi connectivity index (χ0v) is 11.3. The number of hydrogen-bond donors (Lipinski definition) is 1. The molecule has 1 N–H and O–H groups in total. The maximum absolute atomic E-state index is 13.2. The van der Waals surface area contributed by atoms with Gasteiger partial charge in [0.1, 0.15) is 5.82 Å². The Balaban J connectivity index is 2.10. The number of anilines is 1. The summed E-state index contributed by atoms with van der Waals surface area (Å²) in [6.07, 6.45) is 0. The van der Waals surface area contributed by atoms with E-state index >= 15 is 0 Å². The van der Waals surface area contributed by atoms with E-state index in [1.54, 1.807) is 12.1 Å². The summed E-state index contributed by atoms with van der Waals surface area (Å²) in [4.78, 5) is 2.05. The second-order valence-electron chi connectivity index (χ2n) is 4.61. The van der Waals surface area contributed by atoms with Crippen LogP contribution in [0.3, 0.4) is 0 Å². The number of halogens is 1. The van der Waals surface area contributed by atoms with E-state index in [0.717, 1.165) is 12.2 Å². The van der Waals surface area contributed by atoms with Crippen molar-refractivity contribution in [3.63, 3.8) is 0 Å². The number of benzene rings is 2. The third kappa shape index (κ3) is 3.55. The highest BCUT2D eigenvalue weighted by Gasteiger charge is 2.12. The molecule has 3 heteroatoms. The van der Waals surface area contributed by atoms with Crippen LogP contribution in [0.4, 0.5) is 10.1 Å². The predicted molar refractivity (Wildman–Crippen MR) is 77.9 cm³/mol. The van der Waals surface area contributed by atoms with Crippen LogP contribution in [0, 0.1) is 5.82 Å². The van der Waals surface area contributed by atoms with Crippen LogP contribution < -0.4 is 10.2 Å². The molecule has 19 heavy (non-hydrogen) atoms. The first kappa shape index (κ1) is 13.6. The quantitative estimate of drug-likeness (QED) is 0.886. The minimum atomic E-state index is -0.204. The van der Waals surface area contributed by atoms with Gasteiger partial charge in [-0.05, 0) is 30.8 Å². The standard InChI is InChI=1S/C16H19FN2/c1-18-16(13-7-4-3-5-8-13)12-19(2)15-10-6-9-14(17)11-15/h3-11,16,18H,12H2,1-2H3. The van der Waals surface area contributed by atoms with E-state index < -0.39 is 0 Å². The zero-order chi connectivity index (χ0) is 13.7. The average Bonchev–Trinajstić information content (AvgIpc) is 2.45. The first-order chi connectivity index (χ1) is 9.20. The Morgan fingerprint density at radius 1 is 1.11 bits per heavy atom. The van der Waals surface area contributed by atoms with Crippen LogP contribution >= 0.6 is 0 Å². The highest BCUT2D eigenvalue weighted by molar-refractivity contribution is 5.46. The Bertz CT molecular complexity index is 513. The van der Waals surface area contributed by atoms with Crippen molar-refractivity contribution in [2.24, 2.45) is 0 Å². The molecule has 0 aliphatic heterocycles. The summed E-state index contributed by atoms with van der Waals surface area (Å²) in [5.74, 6) is -0.204. The van der Waals surface area contributed by atoms with Crippen LogP contribution in [0.2, 0.25) is 0 Å². The second kappa shape index (κ2) is 6.34. The Morgan fingerprint density at radius 3 is 2.47 bits per heavy atom. The van der Waals surface area contributed by atoms with Gasteiger partial charge in [0.05, 0.1) is 0 Å². The van der Waals surface area contributed by atoms with Crippen molar-refractivity contribution in [2.45, 2.75) is 6.04 Å². The summed E-state index contributed by atoms with van der Waals surface area (Å²) in [6, 6.07) is 17.1. The molecule has 2 aromatic rings. The summed E-state index contributed by atoms with van der Waals surface area (Å²) < 4.78 is 13.2. The van der Waals surface area contributed by atoms with Gasteiger partial charge in [0.15, 0.2) is 0 Å². The van der Waals surface area contributed by atoms with E-state index in [0.29, 0.717) is 0 Å². The molecular weight excluding hydrogens is 239 g/mol. The molecule has 0 saturated carbocycles. The first-order valence-electron chi connectivity index (χ1n) is 6.39. The molecule has 1 atom stereocenters. The predicted octanol–water partition coefficient (Wildman–Crippen LogP) is 3.22. The molecule has 0 saturated heterocycles. The average molecular weight is 258 g/mol. The maximum Gasteiger partial charge on any atom is 0.125 e. The molecule has 100 valence electrons. The Kier molecular flexibility index (Phi) is 4.53. The van der Waals surface area contributed by atoms with Crippen molar-refractivity contribution in [2.75, 3.05) is 25.5 Å². The van der Waals surface area contributed by atoms with E-state index in [-0.39, 0.29) is 11.9 Å². The molecule has 0 amide bonds. The van der Waals surface area contributed by atoms with Gasteiger partial charge in [-0.1, -0.05) is 36.4 Å². The van der Waals surface area contributed by atoms with E-state index in [1.807, 2.05) is 38.4 Å². The Labute approximate surface area is 113 Å². The molecule has 0 heterocycles. The molecule has 1 unspecified atom stereocenters. The number of likely N-dealkylation sites (N-methyl/N-ethyl adjacent to an activating group) is 2. The second-order valence-corrected chi connectivity index (χ2v) is 4.61. The third-order valence-corrected chi connectivity index (χ3v) is 3.26. The Morgan fingerprint density at radius 2 is 1.84 bits per heavy atom. The third-order valence-electron chi connectivity index (χ3n) is 3.26. The molecule has 0 bridgehead atoms. The maximum atomic E-state index is 13.2. The number of hydrogen-bond acceptors (Lipinski definition) is 2. The minimum absolute atomic E-state index is 0.204. The number of rotatable bonds is 5. The van der Waals surface area contributed by atoms with Crippen molar-refractivity contribution < 1.29 is 4.39 Å². The summed E-state index contributed by atoms with van der Waals surface area (Å²) in [7, 11) is 3.92. The van der Waals surface area contributed by atoms with Gasteiger partial charge in [-0.25, -0.2) is 4.39 Å². The van der Waals surface area contributed by atoms with Gasteiger partial charge in [0.25, 0.3) is 0 Å². The number of nitrogens with one attached hydrogen (secondary N) is 1. The summed E-state index contributed by atoms with van der Waals surface area (Å²) in [5, 5.41) is 3.30. The SMILES string of the molecule is CNC(CN(C)c1cccc(F)c1)c1ccccc1. The molecule has 2 aromatic carbocycles. The van der Waals surface area contributed by atoms with Crippen molar-refractivity contribution >= 4 is 5.69 Å². The fraction of sp³-hybridized carbons (Fsp3) is 0.250. The van der Waals surface area contributed by atoms with Gasteiger partial charge >= 0.3 is 0 Å². The topological polar surface area (TPSA) is 15.3 Å². The van der Waals surface area contributed by atoms with Gasteiger partial charge in [0, 0.05) is 25.3 Å². The molecule has 0 radical (unpaired) electrons. The van der Waals surface area contributed by atoms with Crippen LogP contribution in [-0.2, 0) is 0 Å². The fourth-order valence-electron chi connectivity index (χ4n) is 2.14. The largest absolute Gasteiger partial charge is 0.373 e. The lowest BCUT2D eigenvalue weighted by Gasteiger charge is -2.26. The first-order valence-corrected chi connectivity index (χ1v) is 6.39. The van der Waals surface area contributed by atoms with E-state index in [1.165, 1.54) is 11.6 Å². The lowest BCUT2D eigenvalue weighted by molar-refractivity contribution is 0.587. The van der Waals surface area contributed by atoms with Crippen LogP contribution in [0.1, 0.15) is 11.6 Å². The zero-order valence-electron chi connectivity index (χ0n) is 11.3. The highest BCUT2D eigenvalue weighted by Crippen LogP contribution is 2.19. The van der Waals surface area contributed by atoms with Gasteiger partial charge in [-0.15, -0.1) is 0 Å². The van der Waals surface area contributed by atoms with Gasteiger partial charge in [-0.3, -0.25) is 0 Å². The van der Waals surface area contributed by atoms with Crippen molar-refractivity contribution in [1.29, 1.82) is 0 Å².